The van der Waals surface area contributed by atoms with Crippen molar-refractivity contribution in [2.45, 2.75) is 52.3 Å². The molecule has 0 aliphatic heterocycles. The number of nitrogens with two attached hydrogens (primary N) is 1. The maximum Gasteiger partial charge on any atom is 0.410 e. The molecule has 0 aromatic carbocycles. The van der Waals surface area contributed by atoms with Crippen molar-refractivity contribution in [3.05, 3.63) is 0 Å². The van der Waals surface area contributed by atoms with Gasteiger partial charge in [-0.2, -0.15) is 0 Å². The molecule has 0 saturated heterocycles. The molecule has 20 heavy (non-hydrogen) atoms. The minimum atomic E-state index is -0.780. The number of likely N-dealkylation sites (N-methyl/N-ethyl adjacent to an activating group) is 1. The van der Waals surface area contributed by atoms with Gasteiger partial charge in [-0.3, -0.25) is 9.69 Å². The highest BCUT2D eigenvalue weighted by molar-refractivity contribution is 5.81. The van der Waals surface area contributed by atoms with E-state index in [2.05, 4.69) is 5.32 Å². The first-order valence-corrected chi connectivity index (χ1v) is 6.60. The Morgan fingerprint density at radius 3 is 2.30 bits per heavy atom. The Labute approximate surface area is 119 Å². The van der Waals surface area contributed by atoms with Gasteiger partial charge in [0.2, 0.25) is 5.91 Å². The van der Waals surface area contributed by atoms with Gasteiger partial charge >= 0.3 is 6.09 Å². The Morgan fingerprint density at radius 1 is 1.40 bits per heavy atom. The summed E-state index contributed by atoms with van der Waals surface area (Å²) in [5, 5.41) is 2.52. The SMILES string of the molecule is CCN(C(=O)OC(C)(C)C)[C@H](C=O)CNC(=O)C(C)N. The number of nitrogens with zero attached hydrogens (tertiary/aromatic N) is 1. The van der Waals surface area contributed by atoms with Crippen LogP contribution in [-0.2, 0) is 14.3 Å². The largest absolute Gasteiger partial charge is 0.444 e. The molecule has 0 aromatic heterocycles. The van der Waals surface area contributed by atoms with Gasteiger partial charge in [-0.15, -0.1) is 0 Å². The number of amides is 2. The highest BCUT2D eigenvalue weighted by atomic mass is 16.6. The summed E-state index contributed by atoms with van der Waals surface area (Å²) in [7, 11) is 0. The standard InChI is InChI=1S/C13H25N3O4/c1-6-16(12(19)20-13(3,4)5)10(8-17)7-15-11(18)9(2)14/h8-10H,6-7,14H2,1-5H3,(H,15,18)/t9?,10-/m0/s1. The second kappa shape index (κ2) is 7.84. The van der Waals surface area contributed by atoms with E-state index in [9.17, 15) is 14.4 Å². The molecule has 1 unspecified atom stereocenters. The second-order valence-corrected chi connectivity index (χ2v) is 5.50. The average Bonchev–Trinajstić information content (AvgIpc) is 2.31. The van der Waals surface area contributed by atoms with Crippen molar-refractivity contribution in [3.8, 4) is 0 Å². The Kier molecular flexibility index (Phi) is 7.20. The van der Waals surface area contributed by atoms with Crippen LogP contribution in [0.2, 0.25) is 0 Å². The molecule has 2 amide bonds. The maximum atomic E-state index is 12.0. The summed E-state index contributed by atoms with van der Waals surface area (Å²) in [5.41, 5.74) is 4.76. The monoisotopic (exact) mass is 287 g/mol. The first-order chi connectivity index (χ1) is 9.12. The number of hydrogen-bond acceptors (Lipinski definition) is 5. The molecule has 0 bridgehead atoms. The number of hydrogen-bond donors (Lipinski definition) is 2. The van der Waals surface area contributed by atoms with Gasteiger partial charge in [0.15, 0.2) is 0 Å². The number of rotatable bonds is 6. The minimum Gasteiger partial charge on any atom is -0.444 e. The molecule has 3 N–H and O–H groups in total. The van der Waals surface area contributed by atoms with E-state index in [0.717, 1.165) is 0 Å². The maximum absolute atomic E-state index is 12.0. The zero-order chi connectivity index (χ0) is 15.9. The van der Waals surface area contributed by atoms with Crippen LogP contribution in [0.15, 0.2) is 0 Å². The third-order valence-electron chi connectivity index (χ3n) is 2.43. The number of aldehydes is 1. The Hall–Kier alpha value is -1.63. The molecule has 0 fully saturated rings. The predicted molar refractivity (Wildman–Crippen MR) is 75.1 cm³/mol. The van der Waals surface area contributed by atoms with E-state index >= 15 is 0 Å². The zero-order valence-electron chi connectivity index (χ0n) is 12.8. The van der Waals surface area contributed by atoms with Crippen molar-refractivity contribution in [3.63, 3.8) is 0 Å². The van der Waals surface area contributed by atoms with Crippen LogP contribution in [0.3, 0.4) is 0 Å². The summed E-state index contributed by atoms with van der Waals surface area (Å²) in [5.74, 6) is -0.378. The van der Waals surface area contributed by atoms with Crippen molar-refractivity contribution in [1.82, 2.24) is 10.2 Å². The fraction of sp³-hybridized carbons (Fsp3) is 0.769. The quantitative estimate of drug-likeness (QED) is 0.683. The predicted octanol–water partition coefficient (Wildman–Crippen LogP) is 0.274. The molecule has 0 aliphatic rings. The van der Waals surface area contributed by atoms with E-state index in [4.69, 9.17) is 10.5 Å². The van der Waals surface area contributed by atoms with Gasteiger partial charge in [0.1, 0.15) is 17.9 Å². The molecular weight excluding hydrogens is 262 g/mol. The Balaban J connectivity index is 4.69. The van der Waals surface area contributed by atoms with E-state index in [1.165, 1.54) is 11.8 Å². The Bertz CT molecular complexity index is 350. The van der Waals surface area contributed by atoms with Crippen LogP contribution >= 0.6 is 0 Å². The van der Waals surface area contributed by atoms with E-state index in [1.807, 2.05) is 0 Å². The molecule has 7 nitrogen and oxygen atoms in total. The van der Waals surface area contributed by atoms with Gasteiger partial charge in [0.25, 0.3) is 0 Å². The van der Waals surface area contributed by atoms with Gasteiger partial charge in [-0.25, -0.2) is 4.79 Å². The van der Waals surface area contributed by atoms with E-state index < -0.39 is 23.8 Å². The van der Waals surface area contributed by atoms with E-state index in [0.29, 0.717) is 12.8 Å². The highest BCUT2D eigenvalue weighted by Crippen LogP contribution is 2.11. The van der Waals surface area contributed by atoms with Gasteiger partial charge in [0.05, 0.1) is 6.04 Å². The summed E-state index contributed by atoms with van der Waals surface area (Å²) in [6.45, 7) is 8.80. The number of carbonyl (C=O) groups is 3. The van der Waals surface area contributed by atoms with Crippen molar-refractivity contribution in [2.24, 2.45) is 5.73 Å². The van der Waals surface area contributed by atoms with Crippen LogP contribution in [0.4, 0.5) is 4.79 Å². The summed E-state index contributed by atoms with van der Waals surface area (Å²) >= 11 is 0. The molecule has 116 valence electrons. The third-order valence-corrected chi connectivity index (χ3v) is 2.43. The van der Waals surface area contributed by atoms with Gasteiger partial charge in [0, 0.05) is 13.1 Å². The lowest BCUT2D eigenvalue weighted by molar-refractivity contribution is -0.122. The van der Waals surface area contributed by atoms with Crippen molar-refractivity contribution < 1.29 is 19.1 Å². The molecule has 0 radical (unpaired) electrons. The Morgan fingerprint density at radius 2 is 1.95 bits per heavy atom. The number of ether oxygens (including phenoxy) is 1. The molecule has 7 heteroatoms. The number of carbonyl (C=O) groups excluding carboxylic acids is 3. The fourth-order valence-electron chi connectivity index (χ4n) is 1.42. The van der Waals surface area contributed by atoms with Crippen molar-refractivity contribution in [2.75, 3.05) is 13.1 Å². The topological polar surface area (TPSA) is 102 Å². The molecule has 0 saturated carbocycles. The van der Waals surface area contributed by atoms with E-state index in [1.54, 1.807) is 27.7 Å². The minimum absolute atomic E-state index is 0.0109. The second-order valence-electron chi connectivity index (χ2n) is 5.50. The summed E-state index contributed by atoms with van der Waals surface area (Å²) in [4.78, 5) is 35.8. The number of nitrogens with one attached hydrogen (secondary N) is 1. The molecule has 0 spiro atoms. The molecule has 0 aromatic rings. The lowest BCUT2D eigenvalue weighted by Gasteiger charge is -2.30. The van der Waals surface area contributed by atoms with Gasteiger partial charge in [-0.05, 0) is 34.6 Å². The van der Waals surface area contributed by atoms with Crippen LogP contribution in [-0.4, -0.2) is 54.0 Å². The van der Waals surface area contributed by atoms with Crippen LogP contribution in [0.25, 0.3) is 0 Å². The molecular formula is C13H25N3O4. The first kappa shape index (κ1) is 18.4. The van der Waals surface area contributed by atoms with Crippen molar-refractivity contribution in [1.29, 1.82) is 0 Å². The van der Waals surface area contributed by atoms with Crippen LogP contribution in [0, 0.1) is 0 Å². The lowest BCUT2D eigenvalue weighted by Crippen LogP contribution is -2.51. The van der Waals surface area contributed by atoms with Gasteiger partial charge < -0.3 is 20.6 Å². The van der Waals surface area contributed by atoms with Gasteiger partial charge in [-0.1, -0.05) is 0 Å². The van der Waals surface area contributed by atoms with Crippen LogP contribution in [0.1, 0.15) is 34.6 Å². The molecule has 0 rings (SSSR count). The summed E-state index contributed by atoms with van der Waals surface area (Å²) in [6.07, 6.45) is 0.0154. The van der Waals surface area contributed by atoms with Crippen molar-refractivity contribution >= 4 is 18.3 Å². The third kappa shape index (κ3) is 6.51. The van der Waals surface area contributed by atoms with Crippen LogP contribution < -0.4 is 11.1 Å². The smallest absolute Gasteiger partial charge is 0.410 e. The van der Waals surface area contributed by atoms with Crippen LogP contribution in [0.5, 0.6) is 0 Å². The van der Waals surface area contributed by atoms with E-state index in [-0.39, 0.29) is 12.5 Å². The average molecular weight is 287 g/mol. The first-order valence-electron chi connectivity index (χ1n) is 6.60. The summed E-state index contributed by atoms with van der Waals surface area (Å²) < 4.78 is 5.22. The normalized spacial score (nSPS) is 14.1. The summed E-state index contributed by atoms with van der Waals surface area (Å²) in [6, 6.07) is -1.45. The molecule has 0 aliphatic carbocycles. The fourth-order valence-corrected chi connectivity index (χ4v) is 1.42. The highest BCUT2D eigenvalue weighted by Gasteiger charge is 2.27. The lowest BCUT2D eigenvalue weighted by atomic mass is 10.2. The molecule has 0 heterocycles. The molecule has 2 atom stereocenters. The zero-order valence-corrected chi connectivity index (χ0v) is 12.8.